The fourth-order valence-electron chi connectivity index (χ4n) is 4.44. The molecule has 1 heterocycles. The third-order valence-corrected chi connectivity index (χ3v) is 8.20. The quantitative estimate of drug-likeness (QED) is 0.463. The first-order valence-corrected chi connectivity index (χ1v) is 13.6. The predicted octanol–water partition coefficient (Wildman–Crippen LogP) is 4.44. The Balaban J connectivity index is 1.46. The van der Waals surface area contributed by atoms with Crippen molar-refractivity contribution >= 4 is 27.3 Å². The van der Waals surface area contributed by atoms with Crippen molar-refractivity contribution in [3.8, 4) is 5.75 Å². The van der Waals surface area contributed by atoms with Gasteiger partial charge < -0.3 is 15.0 Å². The second-order valence-corrected chi connectivity index (χ2v) is 11.0. The molecule has 0 radical (unpaired) electrons. The van der Waals surface area contributed by atoms with Crippen LogP contribution in [-0.4, -0.2) is 41.1 Å². The van der Waals surface area contributed by atoms with Gasteiger partial charge in [-0.1, -0.05) is 43.3 Å². The average Bonchev–Trinajstić information content (AvgIpc) is 2.91. The first-order chi connectivity index (χ1) is 17.4. The molecule has 0 aliphatic carbocycles. The molecule has 1 saturated heterocycles. The highest BCUT2D eigenvalue weighted by Crippen LogP contribution is 2.27. The Morgan fingerprint density at radius 3 is 2.50 bits per heavy atom. The second kappa shape index (κ2) is 11.5. The van der Waals surface area contributed by atoms with E-state index in [0.717, 1.165) is 23.0 Å². The van der Waals surface area contributed by atoms with Gasteiger partial charge in [-0.2, -0.15) is 0 Å². The molecule has 36 heavy (non-hydrogen) atoms. The van der Waals surface area contributed by atoms with E-state index in [1.807, 2.05) is 12.1 Å². The zero-order valence-corrected chi connectivity index (χ0v) is 21.6. The van der Waals surface area contributed by atoms with Crippen molar-refractivity contribution in [1.29, 1.82) is 0 Å². The summed E-state index contributed by atoms with van der Waals surface area (Å²) in [5, 5.41) is 2.87. The Hall–Kier alpha value is -3.52. The zero-order chi connectivity index (χ0) is 25.5. The van der Waals surface area contributed by atoms with E-state index < -0.39 is 15.9 Å². The molecule has 1 unspecified atom stereocenters. The molecule has 1 atom stereocenters. The molecule has 0 spiro atoms. The summed E-state index contributed by atoms with van der Waals surface area (Å²) in [5.74, 6) is 0.799. The number of nitrogens with zero attached hydrogens (tertiary/aromatic N) is 2. The molecule has 1 fully saturated rings. The van der Waals surface area contributed by atoms with Crippen LogP contribution in [0.25, 0.3) is 0 Å². The number of ether oxygens (including phenoxy) is 1. The van der Waals surface area contributed by atoms with Crippen LogP contribution in [-0.2, 0) is 21.4 Å². The lowest BCUT2D eigenvalue weighted by molar-refractivity contribution is -0.119. The van der Waals surface area contributed by atoms with Gasteiger partial charge in [0.15, 0.2) is 0 Å². The topological polar surface area (TPSA) is 79.0 Å². The summed E-state index contributed by atoms with van der Waals surface area (Å²) in [6.07, 6.45) is 2.47. The van der Waals surface area contributed by atoms with E-state index in [4.69, 9.17) is 4.74 Å². The monoisotopic (exact) mass is 507 g/mol. The Labute approximate surface area is 213 Å². The van der Waals surface area contributed by atoms with Crippen LogP contribution in [0.1, 0.15) is 25.3 Å². The maximum Gasteiger partial charge on any atom is 0.264 e. The smallest absolute Gasteiger partial charge is 0.264 e. The first-order valence-electron chi connectivity index (χ1n) is 12.2. The first kappa shape index (κ1) is 25.6. The van der Waals surface area contributed by atoms with Gasteiger partial charge >= 0.3 is 0 Å². The molecule has 0 bridgehead atoms. The van der Waals surface area contributed by atoms with Gasteiger partial charge in [0.2, 0.25) is 5.91 Å². The summed E-state index contributed by atoms with van der Waals surface area (Å²) in [4.78, 5) is 15.4. The molecule has 1 amide bonds. The lowest BCUT2D eigenvalue weighted by Gasteiger charge is -2.32. The highest BCUT2D eigenvalue weighted by molar-refractivity contribution is 7.92. The number of methoxy groups -OCH3 is 1. The number of hydrogen-bond donors (Lipinski definition) is 1. The number of carbonyl (C=O) groups is 1. The highest BCUT2D eigenvalue weighted by atomic mass is 32.2. The maximum absolute atomic E-state index is 13.5. The number of anilines is 2. The lowest BCUT2D eigenvalue weighted by atomic mass is 9.99. The number of piperidine rings is 1. The lowest BCUT2D eigenvalue weighted by Crippen LogP contribution is -2.40. The molecule has 8 heteroatoms. The van der Waals surface area contributed by atoms with Crippen molar-refractivity contribution in [2.45, 2.75) is 31.2 Å². The molecule has 3 aromatic rings. The van der Waals surface area contributed by atoms with Crippen LogP contribution in [0.2, 0.25) is 0 Å². The van der Waals surface area contributed by atoms with Crippen molar-refractivity contribution < 1.29 is 17.9 Å². The Kier molecular flexibility index (Phi) is 8.15. The Morgan fingerprint density at radius 1 is 1.06 bits per heavy atom. The van der Waals surface area contributed by atoms with Crippen molar-refractivity contribution in [3.63, 3.8) is 0 Å². The largest absolute Gasteiger partial charge is 0.497 e. The van der Waals surface area contributed by atoms with Crippen molar-refractivity contribution in [1.82, 2.24) is 5.32 Å². The third kappa shape index (κ3) is 6.18. The van der Waals surface area contributed by atoms with E-state index in [1.54, 1.807) is 42.5 Å². The molecule has 0 aromatic heterocycles. The van der Waals surface area contributed by atoms with E-state index in [0.29, 0.717) is 23.9 Å². The standard InChI is InChI=1S/C28H33N3O4S/c1-22-8-7-17-30(20-22)24-15-13-23(14-16-24)19-29-28(32)21-31(25-9-6-10-26(18-25)35-2)36(33,34)27-11-4-3-5-12-27/h3-6,9-16,18,22H,7-8,17,19-21H2,1-2H3,(H,29,32). The summed E-state index contributed by atoms with van der Waals surface area (Å²) < 4.78 is 33.3. The molecular weight excluding hydrogens is 474 g/mol. The van der Waals surface area contributed by atoms with E-state index in [-0.39, 0.29) is 11.4 Å². The van der Waals surface area contributed by atoms with E-state index in [1.165, 1.54) is 37.8 Å². The number of carbonyl (C=O) groups excluding carboxylic acids is 1. The second-order valence-electron chi connectivity index (χ2n) is 9.16. The van der Waals surface area contributed by atoms with Gasteiger partial charge in [0.1, 0.15) is 12.3 Å². The summed E-state index contributed by atoms with van der Waals surface area (Å²) >= 11 is 0. The molecule has 7 nitrogen and oxygen atoms in total. The molecule has 3 aromatic carbocycles. The minimum atomic E-state index is -3.97. The number of sulfonamides is 1. The number of benzene rings is 3. The van der Waals surface area contributed by atoms with Gasteiger partial charge in [-0.25, -0.2) is 8.42 Å². The van der Waals surface area contributed by atoms with Crippen LogP contribution in [0.15, 0.2) is 83.8 Å². The fourth-order valence-corrected chi connectivity index (χ4v) is 5.87. The van der Waals surface area contributed by atoms with Crippen LogP contribution in [0, 0.1) is 5.92 Å². The van der Waals surface area contributed by atoms with Crippen molar-refractivity contribution in [2.75, 3.05) is 35.9 Å². The number of nitrogens with one attached hydrogen (secondary N) is 1. The summed E-state index contributed by atoms with van der Waals surface area (Å²) in [7, 11) is -2.46. The summed E-state index contributed by atoms with van der Waals surface area (Å²) in [6.45, 7) is 4.37. The van der Waals surface area contributed by atoms with E-state index >= 15 is 0 Å². The number of hydrogen-bond acceptors (Lipinski definition) is 5. The van der Waals surface area contributed by atoms with Crippen molar-refractivity contribution in [3.05, 3.63) is 84.4 Å². The van der Waals surface area contributed by atoms with Gasteiger partial charge in [0.25, 0.3) is 10.0 Å². The molecule has 4 rings (SSSR count). The molecule has 190 valence electrons. The van der Waals surface area contributed by atoms with Crippen LogP contribution >= 0.6 is 0 Å². The summed E-state index contributed by atoms with van der Waals surface area (Å²) in [5.41, 5.74) is 2.50. The average molecular weight is 508 g/mol. The SMILES string of the molecule is COc1cccc(N(CC(=O)NCc2ccc(N3CCCC(C)C3)cc2)S(=O)(=O)c2ccccc2)c1. The Bertz CT molecular complexity index is 1260. The number of amides is 1. The van der Waals surface area contributed by atoms with Crippen LogP contribution in [0.5, 0.6) is 5.75 Å². The van der Waals surface area contributed by atoms with Crippen molar-refractivity contribution in [2.24, 2.45) is 5.92 Å². The minimum Gasteiger partial charge on any atom is -0.497 e. The molecule has 1 aliphatic heterocycles. The van der Waals surface area contributed by atoms with Gasteiger partial charge in [-0.3, -0.25) is 9.10 Å². The van der Waals surface area contributed by atoms with Gasteiger partial charge in [0.05, 0.1) is 17.7 Å². The van der Waals surface area contributed by atoms with E-state index in [2.05, 4.69) is 29.3 Å². The van der Waals surface area contributed by atoms with Gasteiger partial charge in [0, 0.05) is 31.4 Å². The van der Waals surface area contributed by atoms with Gasteiger partial charge in [-0.15, -0.1) is 0 Å². The fraction of sp³-hybridized carbons (Fsp3) is 0.321. The van der Waals surface area contributed by atoms with Crippen LogP contribution in [0.3, 0.4) is 0 Å². The van der Waals surface area contributed by atoms with Crippen LogP contribution in [0.4, 0.5) is 11.4 Å². The van der Waals surface area contributed by atoms with E-state index in [9.17, 15) is 13.2 Å². The third-order valence-electron chi connectivity index (χ3n) is 6.41. The maximum atomic E-state index is 13.5. The zero-order valence-electron chi connectivity index (χ0n) is 20.8. The molecule has 1 aliphatic rings. The van der Waals surface area contributed by atoms with Crippen LogP contribution < -0.4 is 19.3 Å². The Morgan fingerprint density at radius 2 is 1.81 bits per heavy atom. The molecule has 0 saturated carbocycles. The number of rotatable bonds is 9. The molecule has 1 N–H and O–H groups in total. The van der Waals surface area contributed by atoms with Gasteiger partial charge in [-0.05, 0) is 60.7 Å². The predicted molar refractivity (Wildman–Crippen MR) is 143 cm³/mol. The normalized spacial score (nSPS) is 15.8. The highest BCUT2D eigenvalue weighted by Gasteiger charge is 2.27. The summed E-state index contributed by atoms with van der Waals surface area (Å²) in [6, 6.07) is 23.0. The molecular formula is C28H33N3O4S. The minimum absolute atomic E-state index is 0.114.